The summed E-state index contributed by atoms with van der Waals surface area (Å²) in [6, 6.07) is -1.54. The zero-order valence-corrected chi connectivity index (χ0v) is 35.4. The fourth-order valence-electron chi connectivity index (χ4n) is 5.79. The SMILES string of the molecule is CCCCC/C=C\C/C=C\C/C=C\CCCCCCCCCCCCC(=O)OCC(O)COP(=O)(O)OCC(NC(=O)CCCCCCCCCC)C(=O)O. The van der Waals surface area contributed by atoms with Crippen molar-refractivity contribution in [3.8, 4) is 0 Å². The van der Waals surface area contributed by atoms with Gasteiger partial charge in [-0.1, -0.05) is 159 Å². The van der Waals surface area contributed by atoms with Gasteiger partial charge in [-0.3, -0.25) is 18.6 Å². The Bertz CT molecular complexity index is 1080. The first kappa shape index (κ1) is 52.7. The largest absolute Gasteiger partial charge is 0.480 e. The highest BCUT2D eigenvalue weighted by Crippen LogP contribution is 2.43. The van der Waals surface area contributed by atoms with Gasteiger partial charge >= 0.3 is 19.8 Å². The van der Waals surface area contributed by atoms with Crippen LogP contribution in [0.3, 0.4) is 0 Å². The number of carboxylic acid groups (broad SMARTS) is 1. The number of phosphoric ester groups is 1. The van der Waals surface area contributed by atoms with Crippen LogP contribution >= 0.6 is 7.82 Å². The molecular weight excluding hydrogens is 721 g/mol. The highest BCUT2D eigenvalue weighted by atomic mass is 31.2. The van der Waals surface area contributed by atoms with Crippen LogP contribution in [0.4, 0.5) is 0 Å². The molecule has 11 nitrogen and oxygen atoms in total. The number of ether oxygens (including phenoxy) is 1. The third-order valence-electron chi connectivity index (χ3n) is 9.18. The molecule has 3 atom stereocenters. The van der Waals surface area contributed by atoms with Crippen molar-refractivity contribution in [1.82, 2.24) is 5.32 Å². The molecule has 0 spiro atoms. The second-order valence-corrected chi connectivity index (χ2v) is 16.0. The number of aliphatic hydroxyl groups excluding tert-OH is 1. The van der Waals surface area contributed by atoms with Crippen LogP contribution < -0.4 is 5.32 Å². The fourth-order valence-corrected chi connectivity index (χ4v) is 6.56. The summed E-state index contributed by atoms with van der Waals surface area (Å²) in [4.78, 5) is 45.6. The molecule has 4 N–H and O–H groups in total. The summed E-state index contributed by atoms with van der Waals surface area (Å²) >= 11 is 0. The minimum atomic E-state index is -4.75. The number of carbonyl (C=O) groups excluding carboxylic acids is 2. The second kappa shape index (κ2) is 38.6. The molecule has 55 heavy (non-hydrogen) atoms. The molecular formula is C43H78NO10P. The maximum absolute atomic E-state index is 12.2. The number of hydrogen-bond donors (Lipinski definition) is 4. The molecule has 12 heteroatoms. The molecule has 0 radical (unpaired) electrons. The molecule has 0 aromatic rings. The smallest absolute Gasteiger partial charge is 0.472 e. The summed E-state index contributed by atoms with van der Waals surface area (Å²) in [5.41, 5.74) is 0. The van der Waals surface area contributed by atoms with E-state index in [9.17, 15) is 34.1 Å². The van der Waals surface area contributed by atoms with Crippen molar-refractivity contribution >= 4 is 25.7 Å². The first-order valence-corrected chi connectivity index (χ1v) is 23.0. The van der Waals surface area contributed by atoms with E-state index in [4.69, 9.17) is 13.8 Å². The van der Waals surface area contributed by atoms with Gasteiger partial charge in [0.05, 0.1) is 13.2 Å². The molecule has 0 saturated heterocycles. The van der Waals surface area contributed by atoms with Crippen LogP contribution in [0.2, 0.25) is 0 Å². The maximum atomic E-state index is 12.2. The Morgan fingerprint density at radius 1 is 0.582 bits per heavy atom. The molecule has 0 aromatic carbocycles. The molecule has 0 heterocycles. The summed E-state index contributed by atoms with van der Waals surface area (Å²) in [7, 11) is -4.75. The molecule has 0 aromatic heterocycles. The van der Waals surface area contributed by atoms with Gasteiger partial charge in [-0.25, -0.2) is 9.36 Å². The van der Waals surface area contributed by atoms with Crippen LogP contribution in [-0.2, 0) is 32.7 Å². The van der Waals surface area contributed by atoms with Crippen LogP contribution in [0.15, 0.2) is 36.5 Å². The van der Waals surface area contributed by atoms with E-state index < -0.39 is 57.6 Å². The van der Waals surface area contributed by atoms with Crippen molar-refractivity contribution in [2.24, 2.45) is 0 Å². The van der Waals surface area contributed by atoms with Crippen molar-refractivity contribution in [2.75, 3.05) is 19.8 Å². The number of carboxylic acids is 1. The van der Waals surface area contributed by atoms with E-state index in [2.05, 4.69) is 55.6 Å². The molecule has 0 rings (SSSR count). The van der Waals surface area contributed by atoms with Gasteiger partial charge in [0.1, 0.15) is 12.7 Å². The monoisotopic (exact) mass is 800 g/mol. The molecule has 0 aliphatic carbocycles. The fraction of sp³-hybridized carbons (Fsp3) is 0.791. The van der Waals surface area contributed by atoms with Gasteiger partial charge in [0.2, 0.25) is 5.91 Å². The van der Waals surface area contributed by atoms with E-state index in [1.54, 1.807) is 0 Å². The number of esters is 1. The van der Waals surface area contributed by atoms with Gasteiger partial charge in [0, 0.05) is 12.8 Å². The summed E-state index contributed by atoms with van der Waals surface area (Å²) < 4.78 is 26.7. The van der Waals surface area contributed by atoms with Crippen molar-refractivity contribution in [2.45, 2.75) is 199 Å². The summed E-state index contributed by atoms with van der Waals surface area (Å²) in [6.45, 7) is 2.50. The second-order valence-electron chi connectivity index (χ2n) is 14.5. The average Bonchev–Trinajstić information content (AvgIpc) is 3.16. The third kappa shape index (κ3) is 38.4. The van der Waals surface area contributed by atoms with Gasteiger partial charge in [-0.2, -0.15) is 0 Å². The molecule has 3 unspecified atom stereocenters. The number of aliphatic hydroxyl groups is 1. The number of rotatable bonds is 40. The van der Waals surface area contributed by atoms with Gasteiger partial charge in [0.15, 0.2) is 6.04 Å². The zero-order chi connectivity index (χ0) is 40.7. The van der Waals surface area contributed by atoms with Crippen molar-refractivity contribution < 1.29 is 47.8 Å². The van der Waals surface area contributed by atoms with E-state index in [1.165, 1.54) is 89.9 Å². The predicted octanol–water partition coefficient (Wildman–Crippen LogP) is 10.8. The molecule has 0 bridgehead atoms. The highest BCUT2D eigenvalue weighted by molar-refractivity contribution is 7.47. The van der Waals surface area contributed by atoms with Crippen LogP contribution in [-0.4, -0.2) is 64.9 Å². The lowest BCUT2D eigenvalue weighted by atomic mass is 10.1. The topological polar surface area (TPSA) is 169 Å². The number of amides is 1. The van der Waals surface area contributed by atoms with Crippen molar-refractivity contribution in [3.05, 3.63) is 36.5 Å². The first-order valence-electron chi connectivity index (χ1n) is 21.5. The maximum Gasteiger partial charge on any atom is 0.472 e. The Morgan fingerprint density at radius 3 is 1.53 bits per heavy atom. The van der Waals surface area contributed by atoms with Gasteiger partial charge in [-0.15, -0.1) is 0 Å². The lowest BCUT2D eigenvalue weighted by molar-refractivity contribution is -0.147. The number of hydrogen-bond acceptors (Lipinski definition) is 8. The summed E-state index contributed by atoms with van der Waals surface area (Å²) in [6.07, 6.45) is 40.5. The predicted molar refractivity (Wildman–Crippen MR) is 222 cm³/mol. The van der Waals surface area contributed by atoms with E-state index >= 15 is 0 Å². The standard InChI is InChI=1S/C43H78NO10P/c1-3-5-7-9-11-13-14-15-16-17-18-19-20-21-22-23-24-25-26-27-29-31-33-35-42(47)52-36-39(45)37-53-55(50,51)54-38-40(43(48)49)44-41(46)34-32-30-28-12-10-8-6-4-2/h11,13,15-16,18-19,39-40,45H,3-10,12,14,17,20-38H2,1-2H3,(H,44,46)(H,48,49)(H,50,51)/b13-11-,16-15-,19-18-. The van der Waals surface area contributed by atoms with E-state index in [1.807, 2.05) is 0 Å². The number of allylic oxidation sites excluding steroid dienone is 6. The number of carbonyl (C=O) groups is 3. The molecule has 0 saturated carbocycles. The first-order chi connectivity index (χ1) is 26.6. The zero-order valence-electron chi connectivity index (χ0n) is 34.5. The van der Waals surface area contributed by atoms with Crippen LogP contribution in [0, 0.1) is 0 Å². The Hall–Kier alpha value is -2.30. The molecule has 0 aliphatic rings. The Morgan fingerprint density at radius 2 is 1.00 bits per heavy atom. The molecule has 0 aliphatic heterocycles. The van der Waals surface area contributed by atoms with Gasteiger partial charge in [-0.05, 0) is 51.4 Å². The minimum absolute atomic E-state index is 0.146. The van der Waals surface area contributed by atoms with Crippen LogP contribution in [0.1, 0.15) is 187 Å². The molecule has 320 valence electrons. The Kier molecular flexibility index (Phi) is 37.0. The Labute approximate surface area is 333 Å². The van der Waals surface area contributed by atoms with E-state index in [-0.39, 0.29) is 12.8 Å². The number of unbranched alkanes of at least 4 members (excludes halogenated alkanes) is 20. The van der Waals surface area contributed by atoms with E-state index in [0.29, 0.717) is 12.8 Å². The number of phosphoric acid groups is 1. The highest BCUT2D eigenvalue weighted by Gasteiger charge is 2.28. The van der Waals surface area contributed by atoms with Crippen molar-refractivity contribution in [3.63, 3.8) is 0 Å². The van der Waals surface area contributed by atoms with E-state index in [0.717, 1.165) is 57.8 Å². The third-order valence-corrected chi connectivity index (χ3v) is 10.1. The van der Waals surface area contributed by atoms with Crippen LogP contribution in [0.5, 0.6) is 0 Å². The minimum Gasteiger partial charge on any atom is -0.480 e. The normalized spacial score (nSPS) is 14.1. The number of aliphatic carboxylic acids is 1. The van der Waals surface area contributed by atoms with Gasteiger partial charge in [0.25, 0.3) is 0 Å². The lowest BCUT2D eigenvalue weighted by Crippen LogP contribution is -2.43. The molecule has 1 amide bonds. The average molecular weight is 800 g/mol. The summed E-state index contributed by atoms with van der Waals surface area (Å²) in [5.74, 6) is -2.38. The van der Waals surface area contributed by atoms with Gasteiger partial charge < -0.3 is 25.2 Å². The molecule has 0 fully saturated rings. The lowest BCUT2D eigenvalue weighted by Gasteiger charge is -2.18. The summed E-state index contributed by atoms with van der Waals surface area (Å²) in [5, 5.41) is 21.7. The Balaban J connectivity index is 3.81. The van der Waals surface area contributed by atoms with Crippen LogP contribution in [0.25, 0.3) is 0 Å². The quantitative estimate of drug-likeness (QED) is 0.0202. The van der Waals surface area contributed by atoms with Crippen molar-refractivity contribution in [1.29, 1.82) is 0 Å². The number of nitrogens with one attached hydrogen (secondary N) is 1.